The molecule has 0 fully saturated rings. The standard InChI is InChI=1S/C20H19FN2O3.C18H14FN3O/c1-4-25-19(24)20(2,3)18-16(9-6-10-22-18)26-14-11-13-7-5-8-15(21)17(13)23-12-14;1-18(2,11-20)17-15(7-4-8-21-17)23-13-9-12-5-3-6-14(19)16(12)22-10-13/h5-12H,4H2,1-3H3;3-10H,1-2H3. The van der Waals surface area contributed by atoms with E-state index in [2.05, 4.69) is 26.0 Å². The van der Waals surface area contributed by atoms with Crippen molar-refractivity contribution in [2.45, 2.75) is 45.4 Å². The lowest BCUT2D eigenvalue weighted by molar-refractivity contribution is -0.149. The van der Waals surface area contributed by atoms with E-state index in [1.54, 1.807) is 108 Å². The van der Waals surface area contributed by atoms with E-state index in [0.717, 1.165) is 0 Å². The van der Waals surface area contributed by atoms with E-state index in [-0.39, 0.29) is 29.7 Å². The van der Waals surface area contributed by atoms with Crippen molar-refractivity contribution >= 4 is 27.8 Å². The Kier molecular flexibility index (Phi) is 10.1. The summed E-state index contributed by atoms with van der Waals surface area (Å²) in [5, 5.41) is 10.6. The van der Waals surface area contributed by atoms with E-state index in [4.69, 9.17) is 14.2 Å². The van der Waals surface area contributed by atoms with Gasteiger partial charge in [0.1, 0.15) is 51.0 Å². The van der Waals surface area contributed by atoms with Crippen LogP contribution < -0.4 is 9.47 Å². The number of pyridine rings is 4. The second kappa shape index (κ2) is 14.4. The van der Waals surface area contributed by atoms with Crippen LogP contribution in [0.25, 0.3) is 21.8 Å². The van der Waals surface area contributed by atoms with Gasteiger partial charge in [-0.15, -0.1) is 0 Å². The highest BCUT2D eigenvalue weighted by Crippen LogP contribution is 2.35. The summed E-state index contributed by atoms with van der Waals surface area (Å²) in [7, 11) is 0. The number of carbonyl (C=O) groups excluding carboxylic acids is 1. The Morgan fingerprint density at radius 1 is 0.735 bits per heavy atom. The summed E-state index contributed by atoms with van der Waals surface area (Å²) in [6.07, 6.45) is 6.12. The minimum absolute atomic E-state index is 0.276. The third kappa shape index (κ3) is 7.60. The molecule has 2 aromatic carbocycles. The number of nitrogens with zero attached hydrogens (tertiary/aromatic N) is 5. The Labute approximate surface area is 282 Å². The van der Waals surface area contributed by atoms with Crippen LogP contribution in [0, 0.1) is 23.0 Å². The minimum atomic E-state index is -0.983. The van der Waals surface area contributed by atoms with Crippen LogP contribution in [-0.2, 0) is 20.4 Å². The Morgan fingerprint density at radius 3 is 1.71 bits per heavy atom. The third-order valence-electron chi connectivity index (χ3n) is 7.52. The van der Waals surface area contributed by atoms with Crippen molar-refractivity contribution in [3.63, 3.8) is 0 Å². The minimum Gasteiger partial charge on any atom is -0.465 e. The van der Waals surface area contributed by atoms with Gasteiger partial charge in [0.25, 0.3) is 0 Å². The smallest absolute Gasteiger partial charge is 0.317 e. The Morgan fingerprint density at radius 2 is 1.22 bits per heavy atom. The molecule has 0 N–H and O–H groups in total. The van der Waals surface area contributed by atoms with Gasteiger partial charge in [0.05, 0.1) is 36.2 Å². The molecule has 4 aromatic heterocycles. The topological polar surface area (TPSA) is 120 Å². The monoisotopic (exact) mass is 661 g/mol. The van der Waals surface area contributed by atoms with Crippen LogP contribution >= 0.6 is 0 Å². The molecular formula is C38H33F2N5O4. The molecule has 0 aliphatic heterocycles. The van der Waals surface area contributed by atoms with Crippen LogP contribution in [0.5, 0.6) is 23.0 Å². The SMILES string of the molecule is CC(C)(C#N)c1ncccc1Oc1cnc2c(F)cccc2c1.CCOC(=O)C(C)(C)c1ncccc1Oc1cnc2c(F)cccc2c1. The van der Waals surface area contributed by atoms with Gasteiger partial charge >= 0.3 is 5.97 Å². The summed E-state index contributed by atoms with van der Waals surface area (Å²) in [6, 6.07) is 22.0. The number of hydrogen-bond acceptors (Lipinski definition) is 9. The number of hydrogen-bond donors (Lipinski definition) is 0. The second-order valence-corrected chi connectivity index (χ2v) is 12.0. The van der Waals surface area contributed by atoms with E-state index in [1.165, 1.54) is 24.5 Å². The number of rotatable bonds is 8. The number of benzene rings is 2. The zero-order valence-corrected chi connectivity index (χ0v) is 27.6. The summed E-state index contributed by atoms with van der Waals surface area (Å²) in [5.74, 6) is 0.645. The number of aromatic nitrogens is 4. The zero-order valence-electron chi connectivity index (χ0n) is 27.6. The van der Waals surface area contributed by atoms with Crippen LogP contribution in [0.4, 0.5) is 8.78 Å². The summed E-state index contributed by atoms with van der Waals surface area (Å²) in [4.78, 5) is 29.1. The first-order chi connectivity index (χ1) is 23.4. The number of nitriles is 1. The Bertz CT molecular complexity index is 2180. The Hall–Kier alpha value is -6.02. The predicted octanol–water partition coefficient (Wildman–Crippen LogP) is 8.76. The maximum absolute atomic E-state index is 13.8. The maximum Gasteiger partial charge on any atom is 0.317 e. The van der Waals surface area contributed by atoms with Gasteiger partial charge in [0, 0.05) is 23.2 Å². The van der Waals surface area contributed by atoms with Crippen molar-refractivity contribution in [3.05, 3.63) is 121 Å². The van der Waals surface area contributed by atoms with Gasteiger partial charge in [0.2, 0.25) is 0 Å². The molecule has 0 saturated heterocycles. The number of carbonyl (C=O) groups is 1. The largest absolute Gasteiger partial charge is 0.465 e. The van der Waals surface area contributed by atoms with Crippen molar-refractivity contribution in [2.24, 2.45) is 0 Å². The number of ether oxygens (including phenoxy) is 3. The lowest BCUT2D eigenvalue weighted by Gasteiger charge is -2.23. The van der Waals surface area contributed by atoms with Gasteiger partial charge in [0.15, 0.2) is 5.75 Å². The molecule has 0 saturated carbocycles. The summed E-state index contributed by atoms with van der Waals surface area (Å²) >= 11 is 0. The van der Waals surface area contributed by atoms with E-state index in [0.29, 0.717) is 50.7 Å². The first kappa shape index (κ1) is 34.3. The number of fused-ring (bicyclic) bond motifs is 2. The average Bonchev–Trinajstić information content (AvgIpc) is 3.09. The van der Waals surface area contributed by atoms with Crippen molar-refractivity contribution in [1.82, 2.24) is 19.9 Å². The van der Waals surface area contributed by atoms with E-state index < -0.39 is 10.8 Å². The lowest BCUT2D eigenvalue weighted by Crippen LogP contribution is -2.32. The van der Waals surface area contributed by atoms with E-state index in [1.807, 2.05) is 0 Å². The van der Waals surface area contributed by atoms with Crippen molar-refractivity contribution in [2.75, 3.05) is 6.61 Å². The first-order valence-electron chi connectivity index (χ1n) is 15.4. The highest BCUT2D eigenvalue weighted by Gasteiger charge is 2.36. The first-order valence-corrected chi connectivity index (χ1v) is 15.4. The highest BCUT2D eigenvalue weighted by atomic mass is 19.1. The summed E-state index contributed by atoms with van der Waals surface area (Å²) in [6.45, 7) is 9.05. The molecular weight excluding hydrogens is 628 g/mol. The van der Waals surface area contributed by atoms with Crippen LogP contribution in [0.15, 0.2) is 97.6 Å². The molecule has 4 heterocycles. The normalized spacial score (nSPS) is 11.3. The molecule has 0 bridgehead atoms. The number of halogens is 2. The van der Waals surface area contributed by atoms with Crippen LogP contribution in [0.3, 0.4) is 0 Å². The zero-order chi connectivity index (χ0) is 35.2. The van der Waals surface area contributed by atoms with Gasteiger partial charge in [-0.2, -0.15) is 5.26 Å². The molecule has 0 amide bonds. The molecule has 0 aliphatic carbocycles. The lowest BCUT2D eigenvalue weighted by atomic mass is 9.88. The van der Waals surface area contributed by atoms with Gasteiger partial charge in [-0.1, -0.05) is 24.3 Å². The fraction of sp³-hybridized carbons (Fsp3) is 0.211. The van der Waals surface area contributed by atoms with Crippen LogP contribution in [0.1, 0.15) is 46.0 Å². The molecule has 9 nitrogen and oxygen atoms in total. The van der Waals surface area contributed by atoms with Gasteiger partial charge in [-0.05, 0) is 83.1 Å². The average molecular weight is 662 g/mol. The van der Waals surface area contributed by atoms with E-state index in [9.17, 15) is 18.8 Å². The molecule has 248 valence electrons. The molecule has 0 aliphatic rings. The molecule has 6 rings (SSSR count). The Balaban J connectivity index is 0.000000192. The number of esters is 1. The number of para-hydroxylation sites is 2. The van der Waals surface area contributed by atoms with Gasteiger partial charge < -0.3 is 14.2 Å². The third-order valence-corrected chi connectivity index (χ3v) is 7.52. The quantitative estimate of drug-likeness (QED) is 0.147. The maximum atomic E-state index is 13.8. The van der Waals surface area contributed by atoms with Gasteiger partial charge in [-0.25, -0.2) is 18.7 Å². The molecule has 0 atom stereocenters. The molecule has 11 heteroatoms. The molecule has 0 spiro atoms. The summed E-state index contributed by atoms with van der Waals surface area (Å²) in [5.41, 5.74) is -0.197. The predicted molar refractivity (Wildman–Crippen MR) is 180 cm³/mol. The molecule has 0 unspecified atom stereocenters. The van der Waals surface area contributed by atoms with Crippen molar-refractivity contribution in [3.8, 4) is 29.1 Å². The van der Waals surface area contributed by atoms with Crippen LogP contribution in [0.2, 0.25) is 0 Å². The van der Waals surface area contributed by atoms with Crippen molar-refractivity contribution in [1.29, 1.82) is 5.26 Å². The van der Waals surface area contributed by atoms with E-state index >= 15 is 0 Å². The van der Waals surface area contributed by atoms with Crippen molar-refractivity contribution < 1.29 is 27.8 Å². The molecule has 0 radical (unpaired) electrons. The van der Waals surface area contributed by atoms with Crippen LogP contribution in [-0.4, -0.2) is 32.5 Å². The molecule has 6 aromatic rings. The summed E-state index contributed by atoms with van der Waals surface area (Å²) < 4.78 is 44.3. The fourth-order valence-electron chi connectivity index (χ4n) is 4.92. The molecule has 49 heavy (non-hydrogen) atoms. The second-order valence-electron chi connectivity index (χ2n) is 12.0. The fourth-order valence-corrected chi connectivity index (χ4v) is 4.92. The highest BCUT2D eigenvalue weighted by molar-refractivity contribution is 5.83. The van der Waals surface area contributed by atoms with Gasteiger partial charge in [-0.3, -0.25) is 14.8 Å².